The van der Waals surface area contributed by atoms with Crippen LogP contribution in [0.25, 0.3) is 0 Å². The van der Waals surface area contributed by atoms with Gasteiger partial charge in [-0.25, -0.2) is 4.79 Å². The van der Waals surface area contributed by atoms with Crippen molar-refractivity contribution in [3.63, 3.8) is 0 Å². The molecule has 1 fully saturated rings. The Kier molecular flexibility index (Phi) is 6.66. The summed E-state index contributed by atoms with van der Waals surface area (Å²) in [6, 6.07) is 7.71. The molecule has 0 saturated carbocycles. The summed E-state index contributed by atoms with van der Waals surface area (Å²) < 4.78 is 17.1. The maximum absolute atomic E-state index is 13.4. The normalized spacial score (nSPS) is 24.6. The highest BCUT2D eigenvalue weighted by Crippen LogP contribution is 2.47. The number of benzene rings is 1. The molecule has 1 aliphatic carbocycles. The second-order valence-electron chi connectivity index (χ2n) is 10.4. The molecule has 0 bridgehead atoms. The maximum atomic E-state index is 13.4. The van der Waals surface area contributed by atoms with Gasteiger partial charge in [-0.05, 0) is 63.1 Å². The highest BCUT2D eigenvalue weighted by Gasteiger charge is 2.43. The van der Waals surface area contributed by atoms with Crippen LogP contribution in [0.4, 0.5) is 0 Å². The fourth-order valence-electron chi connectivity index (χ4n) is 5.07. The Balaban J connectivity index is 1.69. The summed E-state index contributed by atoms with van der Waals surface area (Å²) in [5.41, 5.74) is 3.59. The summed E-state index contributed by atoms with van der Waals surface area (Å²) in [6.45, 7) is 11.0. The zero-order chi connectivity index (χ0) is 23.8. The quantitative estimate of drug-likeness (QED) is 0.624. The van der Waals surface area contributed by atoms with Gasteiger partial charge in [0.25, 0.3) is 0 Å². The summed E-state index contributed by atoms with van der Waals surface area (Å²) in [6.07, 6.45) is 3.11. The molecule has 2 heterocycles. The number of carbonyl (C=O) groups is 2. The van der Waals surface area contributed by atoms with Crippen molar-refractivity contribution in [2.75, 3.05) is 13.2 Å². The van der Waals surface area contributed by atoms with Gasteiger partial charge in [0.2, 0.25) is 0 Å². The van der Waals surface area contributed by atoms with Gasteiger partial charge in [-0.3, -0.25) is 4.79 Å². The van der Waals surface area contributed by atoms with Gasteiger partial charge in [-0.1, -0.05) is 26.0 Å². The Bertz CT molecular complexity index is 980. The average molecular weight is 454 g/mol. The van der Waals surface area contributed by atoms with Crippen molar-refractivity contribution in [3.05, 3.63) is 52.4 Å². The third kappa shape index (κ3) is 5.16. The van der Waals surface area contributed by atoms with Crippen molar-refractivity contribution in [1.82, 2.24) is 5.32 Å². The van der Waals surface area contributed by atoms with E-state index >= 15 is 0 Å². The molecule has 33 heavy (non-hydrogen) atoms. The van der Waals surface area contributed by atoms with Gasteiger partial charge in [-0.2, -0.15) is 0 Å². The first-order valence-corrected chi connectivity index (χ1v) is 11.9. The molecule has 4 rings (SSSR count). The van der Waals surface area contributed by atoms with Gasteiger partial charge >= 0.3 is 5.97 Å². The number of carbonyl (C=O) groups excluding carboxylic acids is 2. The minimum Gasteiger partial charge on any atom is -0.491 e. The van der Waals surface area contributed by atoms with E-state index in [1.807, 2.05) is 45.0 Å². The molecule has 3 aliphatic rings. The maximum Gasteiger partial charge on any atom is 0.336 e. The van der Waals surface area contributed by atoms with Crippen LogP contribution in [-0.2, 0) is 19.1 Å². The summed E-state index contributed by atoms with van der Waals surface area (Å²) >= 11 is 0. The first-order valence-electron chi connectivity index (χ1n) is 11.9. The largest absolute Gasteiger partial charge is 0.491 e. The molecule has 1 aromatic carbocycles. The minimum atomic E-state index is -0.463. The number of rotatable bonds is 6. The number of dihydropyridines is 1. The molecule has 1 N–H and O–H groups in total. The minimum absolute atomic E-state index is 0.0517. The number of esters is 1. The Morgan fingerprint density at radius 1 is 1.21 bits per heavy atom. The zero-order valence-electron chi connectivity index (χ0n) is 20.3. The standard InChI is InChI=1S/C27H35NO5/c1-16(2)33-19-10-8-18(9-11-19)24-23(26(30)32-15-20-7-6-12-31-20)17(3)28-21-13-27(4,5)14-22(29)25(21)24/h8-11,16,20,24,28H,6-7,12-15H2,1-5H3/t20-,24-/m0/s1. The highest BCUT2D eigenvalue weighted by atomic mass is 16.6. The number of hydrogen-bond acceptors (Lipinski definition) is 6. The number of nitrogens with one attached hydrogen (secondary N) is 1. The smallest absolute Gasteiger partial charge is 0.336 e. The van der Waals surface area contributed by atoms with Gasteiger partial charge in [0, 0.05) is 35.9 Å². The van der Waals surface area contributed by atoms with E-state index in [0.29, 0.717) is 24.2 Å². The number of ether oxygens (including phenoxy) is 3. The van der Waals surface area contributed by atoms with Crippen LogP contribution in [0.2, 0.25) is 0 Å². The van der Waals surface area contributed by atoms with E-state index in [1.54, 1.807) is 0 Å². The predicted octanol–water partition coefficient (Wildman–Crippen LogP) is 4.80. The van der Waals surface area contributed by atoms with E-state index < -0.39 is 11.9 Å². The van der Waals surface area contributed by atoms with Crippen molar-refractivity contribution in [1.29, 1.82) is 0 Å². The molecule has 0 radical (unpaired) electrons. The molecule has 2 aliphatic heterocycles. The van der Waals surface area contributed by atoms with Crippen LogP contribution in [0.3, 0.4) is 0 Å². The molecular formula is C27H35NO5. The van der Waals surface area contributed by atoms with Crippen molar-refractivity contribution in [2.24, 2.45) is 5.41 Å². The number of Topliss-reactive ketones (excluding diaryl/α,β-unsaturated/α-hetero) is 1. The first kappa shape index (κ1) is 23.6. The third-order valence-electron chi connectivity index (χ3n) is 6.47. The van der Waals surface area contributed by atoms with E-state index in [-0.39, 0.29) is 30.0 Å². The van der Waals surface area contributed by atoms with E-state index in [1.165, 1.54) is 0 Å². The van der Waals surface area contributed by atoms with Gasteiger partial charge in [-0.15, -0.1) is 0 Å². The molecule has 2 atom stereocenters. The van der Waals surface area contributed by atoms with E-state index in [4.69, 9.17) is 14.2 Å². The van der Waals surface area contributed by atoms with Crippen molar-refractivity contribution < 1.29 is 23.8 Å². The fourth-order valence-corrected chi connectivity index (χ4v) is 5.07. The molecule has 1 aromatic rings. The molecule has 6 heteroatoms. The van der Waals surface area contributed by atoms with Crippen molar-refractivity contribution in [2.45, 2.75) is 78.4 Å². The summed E-state index contributed by atoms with van der Waals surface area (Å²) in [5, 5.41) is 3.38. The van der Waals surface area contributed by atoms with Gasteiger partial charge in [0.15, 0.2) is 5.78 Å². The molecule has 6 nitrogen and oxygen atoms in total. The lowest BCUT2D eigenvalue weighted by Crippen LogP contribution is -2.39. The van der Waals surface area contributed by atoms with E-state index in [9.17, 15) is 9.59 Å². The predicted molar refractivity (Wildman–Crippen MR) is 126 cm³/mol. The Morgan fingerprint density at radius 2 is 1.94 bits per heavy atom. The molecular weight excluding hydrogens is 418 g/mol. The topological polar surface area (TPSA) is 73.9 Å². The third-order valence-corrected chi connectivity index (χ3v) is 6.47. The van der Waals surface area contributed by atoms with E-state index in [0.717, 1.165) is 42.0 Å². The van der Waals surface area contributed by atoms with Crippen LogP contribution in [0.15, 0.2) is 46.8 Å². The monoisotopic (exact) mass is 453 g/mol. The Labute approximate surface area is 196 Å². The highest BCUT2D eigenvalue weighted by molar-refractivity contribution is 6.04. The number of hydrogen-bond donors (Lipinski definition) is 1. The summed E-state index contributed by atoms with van der Waals surface area (Å²) in [4.78, 5) is 26.7. The number of allylic oxidation sites excluding steroid dienone is 3. The molecule has 1 saturated heterocycles. The van der Waals surface area contributed by atoms with Crippen LogP contribution in [0.1, 0.15) is 71.8 Å². The summed E-state index contributed by atoms with van der Waals surface area (Å²) in [7, 11) is 0. The Morgan fingerprint density at radius 3 is 2.58 bits per heavy atom. The molecule has 0 amide bonds. The number of ketones is 1. The van der Waals surface area contributed by atoms with Crippen molar-refractivity contribution >= 4 is 11.8 Å². The van der Waals surface area contributed by atoms with Gasteiger partial charge in [0.1, 0.15) is 12.4 Å². The SMILES string of the molecule is CC1=C(C(=O)OC[C@@H]2CCCO2)[C@H](c2ccc(OC(C)C)cc2)C2=C(CC(C)(C)CC2=O)N1. The zero-order valence-corrected chi connectivity index (χ0v) is 20.3. The van der Waals surface area contributed by atoms with Crippen LogP contribution in [0.5, 0.6) is 5.75 Å². The van der Waals surface area contributed by atoms with Crippen molar-refractivity contribution in [3.8, 4) is 5.75 Å². The lowest BCUT2D eigenvalue weighted by atomic mass is 9.68. The van der Waals surface area contributed by atoms with Crippen LogP contribution >= 0.6 is 0 Å². The molecule has 0 spiro atoms. The summed E-state index contributed by atoms with van der Waals surface area (Å²) in [5.74, 6) is -0.0171. The first-order chi connectivity index (χ1) is 15.6. The Hall–Kier alpha value is -2.60. The molecule has 0 unspecified atom stereocenters. The molecule has 0 aromatic heterocycles. The van der Waals surface area contributed by atoms with Crippen LogP contribution in [-0.4, -0.2) is 37.2 Å². The van der Waals surface area contributed by atoms with Gasteiger partial charge < -0.3 is 19.5 Å². The molecule has 178 valence electrons. The van der Waals surface area contributed by atoms with Crippen LogP contribution < -0.4 is 10.1 Å². The lowest BCUT2D eigenvalue weighted by Gasteiger charge is -2.39. The lowest BCUT2D eigenvalue weighted by molar-refractivity contribution is -0.142. The fraction of sp³-hybridized carbons (Fsp3) is 0.556. The van der Waals surface area contributed by atoms with E-state index in [2.05, 4.69) is 19.2 Å². The average Bonchev–Trinajstić information content (AvgIpc) is 3.24. The second kappa shape index (κ2) is 9.34. The van der Waals surface area contributed by atoms with Gasteiger partial charge in [0.05, 0.1) is 17.8 Å². The van der Waals surface area contributed by atoms with Crippen LogP contribution in [0, 0.1) is 5.41 Å². The second-order valence-corrected chi connectivity index (χ2v) is 10.4.